The maximum atomic E-state index is 14.2. The van der Waals surface area contributed by atoms with Crippen molar-refractivity contribution in [1.82, 2.24) is 20.5 Å². The van der Waals surface area contributed by atoms with Crippen LogP contribution in [0.5, 0.6) is 5.75 Å². The Morgan fingerprint density at radius 1 is 0.986 bits per heavy atom. The van der Waals surface area contributed by atoms with Crippen LogP contribution in [0.1, 0.15) is 92.2 Å². The first-order valence-electron chi connectivity index (χ1n) is 22.8. The number of aromatic nitrogens is 1. The minimum absolute atomic E-state index is 0.0134. The first-order valence-corrected chi connectivity index (χ1v) is 24.1. The summed E-state index contributed by atoms with van der Waals surface area (Å²) < 4.78 is 47.3. The molecule has 13 nitrogen and oxygen atoms in total. The SMILES string of the molecule is Cc1ncsc1-c1ccc(CNC(=O)[C@@H]2C[C@@H](O)CN2C(=O)[C@@H](NC(=O)c2cccc(CCCCOc3ccc(N4C(=S)N(c5ccc(C#N)c(C(F)(F)F)c5)C(=O)C4(C)C)cc3)c2)C(C)(C)C)cc1. The maximum absolute atomic E-state index is 14.2. The van der Waals surface area contributed by atoms with Crippen molar-refractivity contribution < 1.29 is 42.2 Å². The number of thiazole rings is 1. The summed E-state index contributed by atoms with van der Waals surface area (Å²) in [6.07, 6.45) is -3.60. The molecule has 0 radical (unpaired) electrons. The molecule has 0 saturated carbocycles. The summed E-state index contributed by atoms with van der Waals surface area (Å²) >= 11 is 7.21. The number of nitriles is 1. The third kappa shape index (κ3) is 11.2. The largest absolute Gasteiger partial charge is 0.494 e. The van der Waals surface area contributed by atoms with Gasteiger partial charge in [-0.05, 0) is 129 Å². The number of thiocarbonyl (C=S) groups is 1. The number of aryl methyl sites for hydroxylation is 2. The number of β-amino-alcohol motifs (C(OH)–C–C–N with tert-alkyl or cyclic N) is 1. The molecule has 0 aliphatic carbocycles. The van der Waals surface area contributed by atoms with Crippen molar-refractivity contribution in [1.29, 1.82) is 5.26 Å². The Morgan fingerprint density at radius 2 is 1.69 bits per heavy atom. The summed E-state index contributed by atoms with van der Waals surface area (Å²) in [5, 5.41) is 25.7. The second-order valence-corrected chi connectivity index (χ2v) is 20.2. The summed E-state index contributed by atoms with van der Waals surface area (Å²) in [6, 6.07) is 24.5. The van der Waals surface area contributed by atoms with Crippen LogP contribution in [0, 0.1) is 23.7 Å². The number of carbonyl (C=O) groups is 4. The highest BCUT2D eigenvalue weighted by molar-refractivity contribution is 7.81. The second kappa shape index (κ2) is 20.7. The number of aliphatic hydroxyl groups excluding tert-OH is 1. The summed E-state index contributed by atoms with van der Waals surface area (Å²) in [7, 11) is 0. The number of amides is 4. The number of nitrogens with zero attached hydrogens (tertiary/aromatic N) is 5. The van der Waals surface area contributed by atoms with E-state index in [9.17, 15) is 42.7 Å². The standard InChI is InChI=1S/C52H54F3N7O6S2/c1-31-43(70-30-58-31)34-15-13-33(14-16-34)28-57-46(65)42-26-39(63)29-60(42)47(66)44(50(2,3)4)59-45(64)35-12-9-11-32(24-35)10-7-8-23-68-40-21-19-37(20-22-40)62-49(69)61(48(67)51(62,5)6)38-18-17-36(27-56)41(25-38)52(53,54)55/h9,11-22,24-25,30,39,42,44,63H,7-8,10,23,26,28-29H2,1-6H3,(H,57,65)(H,59,64)/t39-,42+,44-/m1/s1. The number of ether oxygens (including phenoxy) is 1. The first-order chi connectivity index (χ1) is 33.1. The Bertz CT molecular complexity index is 2820. The number of alkyl halides is 3. The molecule has 4 aromatic carbocycles. The Labute approximate surface area is 414 Å². The molecule has 3 N–H and O–H groups in total. The number of hydrogen-bond acceptors (Lipinski definition) is 10. The van der Waals surface area contributed by atoms with Gasteiger partial charge in [-0.25, -0.2) is 4.98 Å². The minimum atomic E-state index is -4.81. The van der Waals surface area contributed by atoms with Crippen LogP contribution in [0.15, 0.2) is 96.5 Å². The molecule has 366 valence electrons. The Hall–Kier alpha value is -6.68. The summed E-state index contributed by atoms with van der Waals surface area (Å²) in [5.74, 6) is -1.26. The quantitative estimate of drug-likeness (QED) is 0.0682. The number of halogens is 3. The van der Waals surface area contributed by atoms with Crippen LogP contribution in [0.4, 0.5) is 24.5 Å². The molecule has 18 heteroatoms. The molecule has 0 spiro atoms. The topological polar surface area (TPSA) is 168 Å². The number of benzene rings is 4. The number of hydrogen-bond donors (Lipinski definition) is 3. The van der Waals surface area contributed by atoms with E-state index < -0.39 is 64.2 Å². The van der Waals surface area contributed by atoms with E-state index in [0.717, 1.165) is 50.7 Å². The fourth-order valence-corrected chi connectivity index (χ4v) is 9.97. The van der Waals surface area contributed by atoms with Crippen LogP contribution in [0.3, 0.4) is 0 Å². The van der Waals surface area contributed by atoms with Gasteiger partial charge in [-0.1, -0.05) is 57.2 Å². The lowest BCUT2D eigenvalue weighted by atomic mass is 9.85. The van der Waals surface area contributed by atoms with Crippen LogP contribution in [-0.4, -0.2) is 80.6 Å². The number of likely N-dealkylation sites (tertiary alicyclic amines) is 1. The molecule has 5 aromatic rings. The monoisotopic (exact) mass is 993 g/mol. The Morgan fingerprint density at radius 3 is 2.33 bits per heavy atom. The molecule has 3 heterocycles. The van der Waals surface area contributed by atoms with Crippen molar-refractivity contribution in [3.8, 4) is 22.3 Å². The number of aliphatic hydroxyl groups is 1. The van der Waals surface area contributed by atoms with Crippen molar-refractivity contribution in [2.75, 3.05) is 23.0 Å². The predicted octanol–water partition coefficient (Wildman–Crippen LogP) is 8.75. The smallest absolute Gasteiger partial charge is 0.417 e. The van der Waals surface area contributed by atoms with Crippen molar-refractivity contribution in [2.24, 2.45) is 5.41 Å². The molecule has 7 rings (SSSR count). The van der Waals surface area contributed by atoms with Crippen LogP contribution < -0.4 is 25.2 Å². The first kappa shape index (κ1) is 51.2. The number of unbranched alkanes of at least 4 members (excludes halogenated alkanes) is 1. The fraction of sp³-hybridized carbons (Fsp3) is 0.365. The zero-order valence-electron chi connectivity index (χ0n) is 39.6. The van der Waals surface area contributed by atoms with Crippen molar-refractivity contribution in [2.45, 2.75) is 104 Å². The van der Waals surface area contributed by atoms with Gasteiger partial charge in [0.15, 0.2) is 5.11 Å². The molecule has 2 aliphatic rings. The highest BCUT2D eigenvalue weighted by atomic mass is 32.1. The summed E-state index contributed by atoms with van der Waals surface area (Å²) in [5.41, 5.74) is 2.68. The average molecular weight is 994 g/mol. The molecule has 2 fully saturated rings. The van der Waals surface area contributed by atoms with E-state index in [4.69, 9.17) is 17.0 Å². The number of rotatable bonds is 15. The van der Waals surface area contributed by atoms with E-state index in [-0.39, 0.29) is 36.2 Å². The van der Waals surface area contributed by atoms with E-state index in [2.05, 4.69) is 15.6 Å². The van der Waals surface area contributed by atoms with Crippen LogP contribution in [0.2, 0.25) is 0 Å². The van der Waals surface area contributed by atoms with Gasteiger partial charge in [-0.2, -0.15) is 18.4 Å². The third-order valence-corrected chi connectivity index (χ3v) is 13.8. The van der Waals surface area contributed by atoms with Crippen molar-refractivity contribution in [3.63, 3.8) is 0 Å². The lowest BCUT2D eigenvalue weighted by molar-refractivity contribution is -0.142. The van der Waals surface area contributed by atoms with Gasteiger partial charge in [0.1, 0.15) is 23.4 Å². The normalized spacial score (nSPS) is 17.4. The Balaban J connectivity index is 0.905. The van der Waals surface area contributed by atoms with E-state index in [1.807, 2.05) is 58.0 Å². The molecule has 1 aromatic heterocycles. The van der Waals surface area contributed by atoms with E-state index in [1.165, 1.54) is 11.0 Å². The zero-order chi connectivity index (χ0) is 50.7. The summed E-state index contributed by atoms with van der Waals surface area (Å²) in [6.45, 7) is 11.3. The van der Waals surface area contributed by atoms with Gasteiger partial charge in [0.05, 0.1) is 51.7 Å². The Kier molecular flexibility index (Phi) is 15.2. The van der Waals surface area contributed by atoms with Crippen molar-refractivity contribution >= 4 is 63.7 Å². The number of carbonyl (C=O) groups excluding carboxylic acids is 4. The average Bonchev–Trinajstić information content (AvgIpc) is 3.98. The van der Waals surface area contributed by atoms with Gasteiger partial charge in [-0.3, -0.25) is 24.1 Å². The highest BCUT2D eigenvalue weighted by Crippen LogP contribution is 2.40. The molecular formula is C52H54F3N7O6S2. The fourth-order valence-electron chi connectivity index (χ4n) is 8.63. The van der Waals surface area contributed by atoms with Crippen LogP contribution >= 0.6 is 23.6 Å². The molecule has 3 atom stereocenters. The number of nitrogens with one attached hydrogen (secondary N) is 2. The van der Waals surface area contributed by atoms with Crippen molar-refractivity contribution in [3.05, 3.63) is 130 Å². The lowest BCUT2D eigenvalue weighted by Crippen LogP contribution is -2.57. The van der Waals surface area contributed by atoms with E-state index >= 15 is 0 Å². The maximum Gasteiger partial charge on any atom is 0.417 e. The molecule has 0 bridgehead atoms. The van der Waals surface area contributed by atoms with Gasteiger partial charge < -0.3 is 30.3 Å². The van der Waals surface area contributed by atoms with Gasteiger partial charge in [0, 0.05) is 30.8 Å². The molecule has 2 saturated heterocycles. The highest BCUT2D eigenvalue weighted by Gasteiger charge is 2.51. The molecular weight excluding hydrogens is 940 g/mol. The molecule has 70 heavy (non-hydrogen) atoms. The predicted molar refractivity (Wildman–Crippen MR) is 265 cm³/mol. The number of anilines is 2. The summed E-state index contributed by atoms with van der Waals surface area (Å²) in [4.78, 5) is 64.5. The zero-order valence-corrected chi connectivity index (χ0v) is 41.2. The van der Waals surface area contributed by atoms with Gasteiger partial charge in [0.2, 0.25) is 11.8 Å². The molecule has 0 unspecified atom stereocenters. The molecule has 2 aliphatic heterocycles. The van der Waals surface area contributed by atoms with Crippen LogP contribution in [-0.2, 0) is 33.5 Å². The van der Waals surface area contributed by atoms with Gasteiger partial charge in [0.25, 0.3) is 11.8 Å². The minimum Gasteiger partial charge on any atom is -0.494 e. The van der Waals surface area contributed by atoms with Gasteiger partial charge in [-0.15, -0.1) is 11.3 Å². The third-order valence-electron chi connectivity index (χ3n) is 12.4. The van der Waals surface area contributed by atoms with Crippen LogP contribution in [0.25, 0.3) is 10.4 Å². The van der Waals surface area contributed by atoms with E-state index in [0.29, 0.717) is 36.4 Å². The molecule has 4 amide bonds. The lowest BCUT2D eigenvalue weighted by Gasteiger charge is -2.35. The second-order valence-electron chi connectivity index (χ2n) is 19.0. The van der Waals surface area contributed by atoms with Gasteiger partial charge >= 0.3 is 6.18 Å². The van der Waals surface area contributed by atoms with E-state index in [1.54, 1.807) is 84.1 Å².